The number of phenols is 1. The molecule has 1 aliphatic heterocycles. The van der Waals surface area contributed by atoms with Crippen LogP contribution in [-0.2, 0) is 5.41 Å². The number of benzene rings is 9. The number of hydrogen-bond acceptors (Lipinski definition) is 4. The maximum absolute atomic E-state index is 12.7. The van der Waals surface area contributed by atoms with Crippen LogP contribution < -0.4 is 5.32 Å². The maximum Gasteiger partial charge on any atom is 0.234 e. The molecule has 1 unspecified atom stereocenters. The van der Waals surface area contributed by atoms with E-state index in [9.17, 15) is 5.11 Å². The number of phenolic OH excluding ortho intramolecular Hbond substituents is 1. The van der Waals surface area contributed by atoms with E-state index in [2.05, 4.69) is 174 Å². The van der Waals surface area contributed by atoms with Gasteiger partial charge >= 0.3 is 0 Å². The lowest BCUT2D eigenvalue weighted by atomic mass is 9.67. The standard InChI is InChI=1S/C58H40N4O/c63-54-45(39-20-7-2-8-21-39)34-35-49-48-33-32-44(58(43-26-11-4-12-27-43)50-30-15-13-28-46(50)47-29-14-16-31-51(47)58)37-52(48)62(53(49)54)57-60-55(40-22-9-3-10-23-40)59-56(61-57)42-25-17-24-41(36-42)38-18-5-1-6-19-38/h1-37,55,63H,(H,59,60,61). The third-order valence-electron chi connectivity index (χ3n) is 12.9. The van der Waals surface area contributed by atoms with Crippen molar-refractivity contribution in [2.75, 3.05) is 0 Å². The first-order chi connectivity index (χ1) is 31.2. The minimum absolute atomic E-state index is 0.172. The predicted octanol–water partition coefficient (Wildman–Crippen LogP) is 13.2. The van der Waals surface area contributed by atoms with Crippen LogP contribution in [-0.4, -0.2) is 21.5 Å². The normalized spacial score (nSPS) is 15.0. The summed E-state index contributed by atoms with van der Waals surface area (Å²) in [6.07, 6.45) is -0.464. The Morgan fingerprint density at radius 1 is 0.460 bits per heavy atom. The summed E-state index contributed by atoms with van der Waals surface area (Å²) in [6.45, 7) is 0. The van der Waals surface area contributed by atoms with Crippen LogP contribution in [0.5, 0.6) is 5.75 Å². The lowest BCUT2D eigenvalue weighted by molar-refractivity contribution is 0.482. The molecule has 12 rings (SSSR count). The van der Waals surface area contributed by atoms with Gasteiger partial charge in [-0.3, -0.25) is 4.57 Å². The van der Waals surface area contributed by atoms with Crippen LogP contribution in [0, 0.1) is 0 Å². The van der Waals surface area contributed by atoms with E-state index in [1.54, 1.807) is 0 Å². The van der Waals surface area contributed by atoms with Gasteiger partial charge in [-0.25, -0.2) is 4.99 Å². The third kappa shape index (κ3) is 5.78. The van der Waals surface area contributed by atoms with Gasteiger partial charge in [0, 0.05) is 21.9 Å². The smallest absolute Gasteiger partial charge is 0.234 e. The Morgan fingerprint density at radius 3 is 1.73 bits per heavy atom. The van der Waals surface area contributed by atoms with E-state index >= 15 is 0 Å². The van der Waals surface area contributed by atoms with Crippen LogP contribution in [0.3, 0.4) is 0 Å². The van der Waals surface area contributed by atoms with Crippen LogP contribution >= 0.6 is 0 Å². The minimum Gasteiger partial charge on any atom is -0.505 e. The highest BCUT2D eigenvalue weighted by Gasteiger charge is 2.46. The molecule has 0 saturated heterocycles. The van der Waals surface area contributed by atoms with Crippen molar-refractivity contribution >= 4 is 33.6 Å². The number of nitrogens with zero attached hydrogens (tertiary/aromatic N) is 3. The van der Waals surface area contributed by atoms with Gasteiger partial charge < -0.3 is 10.4 Å². The van der Waals surface area contributed by atoms with Crippen molar-refractivity contribution in [3.05, 3.63) is 258 Å². The number of aromatic hydroxyl groups is 1. The predicted molar refractivity (Wildman–Crippen MR) is 257 cm³/mol. The lowest BCUT2D eigenvalue weighted by Crippen LogP contribution is -2.35. The molecular formula is C58H40N4O. The van der Waals surface area contributed by atoms with Gasteiger partial charge in [0.25, 0.3) is 0 Å². The number of nitrogens with one attached hydrogen (secondary N) is 1. The summed E-state index contributed by atoms with van der Waals surface area (Å²) in [5.41, 5.74) is 13.9. The van der Waals surface area contributed by atoms with Gasteiger partial charge in [0.05, 0.1) is 16.4 Å². The molecule has 2 heterocycles. The lowest BCUT2D eigenvalue weighted by Gasteiger charge is -2.34. The van der Waals surface area contributed by atoms with Crippen LogP contribution in [0.25, 0.3) is 55.2 Å². The van der Waals surface area contributed by atoms with Crippen LogP contribution in [0.15, 0.2) is 234 Å². The van der Waals surface area contributed by atoms with Crippen molar-refractivity contribution in [2.24, 2.45) is 9.98 Å². The van der Waals surface area contributed by atoms with Gasteiger partial charge in [0.15, 0.2) is 0 Å². The van der Waals surface area contributed by atoms with Crippen LogP contribution in [0.4, 0.5) is 0 Å². The first-order valence-corrected chi connectivity index (χ1v) is 21.4. The quantitative estimate of drug-likeness (QED) is 0.176. The molecule has 0 amide bonds. The fourth-order valence-electron chi connectivity index (χ4n) is 10.1. The SMILES string of the molecule is Oc1c(-c2ccccc2)ccc2c3ccc(C4(c5ccccc5)c5ccccc5-c5ccccc54)cc3n(C3=NC(c4ccccc4)NC(c4cccc(-c5ccccc5)c4)=N3)c12. The number of aliphatic imine (C=N–C) groups is 2. The second kappa shape index (κ2) is 14.7. The third-order valence-corrected chi connectivity index (χ3v) is 12.9. The molecule has 0 fully saturated rings. The molecule has 10 aromatic rings. The molecule has 5 heteroatoms. The molecule has 0 spiro atoms. The highest BCUT2D eigenvalue weighted by Crippen LogP contribution is 2.56. The molecule has 63 heavy (non-hydrogen) atoms. The van der Waals surface area contributed by atoms with Gasteiger partial charge in [-0.05, 0) is 73.8 Å². The number of hydrogen-bond donors (Lipinski definition) is 2. The monoisotopic (exact) mass is 808 g/mol. The molecule has 298 valence electrons. The summed E-state index contributed by atoms with van der Waals surface area (Å²) in [4.78, 5) is 10.9. The summed E-state index contributed by atoms with van der Waals surface area (Å²) in [7, 11) is 0. The number of fused-ring (bicyclic) bond motifs is 6. The summed E-state index contributed by atoms with van der Waals surface area (Å²) >= 11 is 0. The Hall–Kier alpha value is -8.28. The van der Waals surface area contributed by atoms with Crippen molar-refractivity contribution in [3.63, 3.8) is 0 Å². The second-order valence-corrected chi connectivity index (χ2v) is 16.3. The van der Waals surface area contributed by atoms with E-state index in [-0.39, 0.29) is 5.75 Å². The van der Waals surface area contributed by atoms with Crippen molar-refractivity contribution in [1.82, 2.24) is 9.88 Å². The first-order valence-electron chi connectivity index (χ1n) is 21.4. The van der Waals surface area contributed by atoms with Gasteiger partial charge in [0.2, 0.25) is 5.96 Å². The summed E-state index contributed by atoms with van der Waals surface area (Å²) in [6, 6.07) is 78.7. The largest absolute Gasteiger partial charge is 0.505 e. The van der Waals surface area contributed by atoms with Crippen LogP contribution in [0.1, 0.15) is 39.5 Å². The fourth-order valence-corrected chi connectivity index (χ4v) is 10.1. The van der Waals surface area contributed by atoms with Gasteiger partial charge in [-0.1, -0.05) is 206 Å². The molecule has 5 nitrogen and oxygen atoms in total. The molecule has 0 radical (unpaired) electrons. The second-order valence-electron chi connectivity index (χ2n) is 16.3. The number of aromatic nitrogens is 1. The Bertz CT molecular complexity index is 3380. The zero-order valence-corrected chi connectivity index (χ0v) is 34.2. The maximum atomic E-state index is 12.7. The highest BCUT2D eigenvalue weighted by atomic mass is 16.3. The molecule has 2 aliphatic rings. The zero-order valence-electron chi connectivity index (χ0n) is 34.2. The Kier molecular flexibility index (Phi) is 8.54. The van der Waals surface area contributed by atoms with Crippen molar-refractivity contribution < 1.29 is 5.11 Å². The Morgan fingerprint density at radius 2 is 1.03 bits per heavy atom. The fraction of sp³-hybridized carbons (Fsp3) is 0.0345. The minimum atomic E-state index is -0.629. The number of amidine groups is 1. The van der Waals surface area contributed by atoms with E-state index < -0.39 is 11.6 Å². The summed E-state index contributed by atoms with van der Waals surface area (Å²) < 4.78 is 2.10. The average Bonchev–Trinajstić information content (AvgIpc) is 3.86. The van der Waals surface area contributed by atoms with E-state index in [1.807, 2.05) is 60.7 Å². The summed E-state index contributed by atoms with van der Waals surface area (Å²) in [5.74, 6) is 1.34. The topological polar surface area (TPSA) is 61.9 Å². The molecule has 1 aromatic heterocycles. The molecule has 1 atom stereocenters. The van der Waals surface area contributed by atoms with Crippen molar-refractivity contribution in [1.29, 1.82) is 0 Å². The van der Waals surface area contributed by atoms with Crippen molar-refractivity contribution in [3.8, 4) is 39.1 Å². The molecule has 2 N–H and O–H groups in total. The van der Waals surface area contributed by atoms with E-state index in [0.717, 1.165) is 55.2 Å². The number of rotatable bonds is 6. The van der Waals surface area contributed by atoms with Gasteiger partial charge in [0.1, 0.15) is 17.8 Å². The van der Waals surface area contributed by atoms with Crippen LogP contribution in [0.2, 0.25) is 0 Å². The Balaban J connectivity index is 1.17. The zero-order chi connectivity index (χ0) is 41.9. The highest BCUT2D eigenvalue weighted by molar-refractivity contribution is 6.19. The van der Waals surface area contributed by atoms with Gasteiger partial charge in [-0.2, -0.15) is 4.99 Å². The van der Waals surface area contributed by atoms with E-state index in [0.29, 0.717) is 17.3 Å². The van der Waals surface area contributed by atoms with E-state index in [1.165, 1.54) is 27.8 Å². The first kappa shape index (κ1) is 36.6. The average molecular weight is 809 g/mol. The van der Waals surface area contributed by atoms with Gasteiger partial charge in [-0.15, -0.1) is 0 Å². The van der Waals surface area contributed by atoms with Crippen molar-refractivity contribution in [2.45, 2.75) is 11.6 Å². The molecule has 0 bridgehead atoms. The summed E-state index contributed by atoms with van der Waals surface area (Å²) in [5, 5.41) is 18.3. The molecule has 1 aliphatic carbocycles. The van der Waals surface area contributed by atoms with E-state index in [4.69, 9.17) is 9.98 Å². The Labute approximate surface area is 365 Å². The molecular weight excluding hydrogens is 769 g/mol. The molecule has 9 aromatic carbocycles. The molecule has 0 saturated carbocycles.